The average Bonchev–Trinajstić information content (AvgIpc) is 2.77. The fourth-order valence-electron chi connectivity index (χ4n) is 0.973. The van der Waals surface area contributed by atoms with Crippen LogP contribution >= 0.6 is 11.5 Å². The summed E-state index contributed by atoms with van der Waals surface area (Å²) in [5, 5.41) is 7.05. The van der Waals surface area contributed by atoms with E-state index < -0.39 is 12.0 Å². The summed E-state index contributed by atoms with van der Waals surface area (Å²) in [5.74, 6) is -0.589. The molecule has 0 aromatic carbocycles. The zero-order valence-corrected chi connectivity index (χ0v) is 9.75. The lowest BCUT2D eigenvalue weighted by atomic mass is 10.3. The summed E-state index contributed by atoms with van der Waals surface area (Å²) in [7, 11) is 0. The molecule has 16 heavy (non-hydrogen) atoms. The van der Waals surface area contributed by atoms with Crippen LogP contribution in [-0.2, 0) is 4.74 Å². The van der Waals surface area contributed by atoms with Crippen LogP contribution in [0.3, 0.4) is 0 Å². The van der Waals surface area contributed by atoms with Gasteiger partial charge in [0, 0.05) is 5.38 Å². The molecule has 0 spiro atoms. The Bertz CT molecular complexity index is 340. The molecule has 0 radical (unpaired) electrons. The Labute approximate surface area is 97.2 Å². The monoisotopic (exact) mass is 243 g/mol. The largest absolute Gasteiger partial charge is 0.449 e. The van der Waals surface area contributed by atoms with Crippen LogP contribution in [0.5, 0.6) is 0 Å². The van der Waals surface area contributed by atoms with E-state index in [1.165, 1.54) is 5.38 Å². The summed E-state index contributed by atoms with van der Waals surface area (Å²) < 4.78 is 8.31. The van der Waals surface area contributed by atoms with E-state index in [0.717, 1.165) is 30.8 Å². The van der Waals surface area contributed by atoms with E-state index >= 15 is 0 Å². The number of amides is 2. The third-order valence-electron chi connectivity index (χ3n) is 1.79. The lowest BCUT2D eigenvalue weighted by molar-refractivity contribution is 0.0913. The second-order valence-corrected chi connectivity index (χ2v) is 3.70. The van der Waals surface area contributed by atoms with Gasteiger partial charge in [0.15, 0.2) is 5.69 Å². The zero-order valence-electron chi connectivity index (χ0n) is 8.93. The molecular weight excluding hydrogens is 230 g/mol. The standard InChI is InChI=1S/C9H13N3O3S/c1-2-3-4-5-15-9(14)10-8(13)7-6-16-12-11-7/h6H,2-5H2,1H3,(H,10,13,14). The fraction of sp³-hybridized carbons (Fsp3) is 0.556. The van der Waals surface area contributed by atoms with E-state index in [0.29, 0.717) is 6.61 Å². The number of hydrogen-bond acceptors (Lipinski definition) is 6. The van der Waals surface area contributed by atoms with Crippen LogP contribution in [0.2, 0.25) is 0 Å². The molecule has 2 amide bonds. The lowest BCUT2D eigenvalue weighted by Gasteiger charge is -2.03. The van der Waals surface area contributed by atoms with Gasteiger partial charge in [0.2, 0.25) is 0 Å². The van der Waals surface area contributed by atoms with Crippen LogP contribution in [-0.4, -0.2) is 28.2 Å². The molecule has 0 unspecified atom stereocenters. The summed E-state index contributed by atoms with van der Waals surface area (Å²) in [5.41, 5.74) is 0.121. The van der Waals surface area contributed by atoms with E-state index in [-0.39, 0.29) is 5.69 Å². The quantitative estimate of drug-likeness (QED) is 0.794. The highest BCUT2D eigenvalue weighted by atomic mass is 32.1. The highest BCUT2D eigenvalue weighted by molar-refractivity contribution is 7.03. The fourth-order valence-corrected chi connectivity index (χ4v) is 1.41. The van der Waals surface area contributed by atoms with Gasteiger partial charge in [0.05, 0.1) is 6.61 Å². The van der Waals surface area contributed by atoms with Gasteiger partial charge in [-0.1, -0.05) is 24.3 Å². The van der Waals surface area contributed by atoms with E-state index in [2.05, 4.69) is 21.8 Å². The van der Waals surface area contributed by atoms with Crippen LogP contribution < -0.4 is 5.32 Å². The molecule has 0 saturated carbocycles. The number of rotatable bonds is 5. The summed E-state index contributed by atoms with van der Waals surface area (Å²) in [4.78, 5) is 22.4. The maximum atomic E-state index is 11.3. The van der Waals surface area contributed by atoms with Crippen molar-refractivity contribution in [2.24, 2.45) is 0 Å². The minimum Gasteiger partial charge on any atom is -0.449 e. The first-order valence-electron chi connectivity index (χ1n) is 4.99. The van der Waals surface area contributed by atoms with E-state index in [4.69, 9.17) is 4.74 Å². The topological polar surface area (TPSA) is 81.2 Å². The van der Waals surface area contributed by atoms with Crippen LogP contribution in [0.25, 0.3) is 0 Å². The van der Waals surface area contributed by atoms with E-state index in [1.807, 2.05) is 0 Å². The van der Waals surface area contributed by atoms with Gasteiger partial charge in [0.1, 0.15) is 0 Å². The third kappa shape index (κ3) is 4.35. The number of nitrogens with zero attached hydrogens (tertiary/aromatic N) is 2. The molecule has 1 aromatic heterocycles. The van der Waals surface area contributed by atoms with E-state index in [9.17, 15) is 9.59 Å². The maximum Gasteiger partial charge on any atom is 0.414 e. The molecule has 88 valence electrons. The van der Waals surface area contributed by atoms with Crippen molar-refractivity contribution in [2.45, 2.75) is 26.2 Å². The molecule has 6 nitrogen and oxygen atoms in total. The minimum atomic E-state index is -0.742. The summed E-state index contributed by atoms with van der Waals surface area (Å²) in [6.45, 7) is 2.38. The smallest absolute Gasteiger partial charge is 0.414 e. The van der Waals surface area contributed by atoms with Gasteiger partial charge in [-0.15, -0.1) is 5.10 Å². The molecule has 1 N–H and O–H groups in total. The molecule has 1 aromatic rings. The summed E-state index contributed by atoms with van der Waals surface area (Å²) in [6.07, 6.45) is 2.11. The van der Waals surface area contributed by atoms with Crippen LogP contribution in [0, 0.1) is 0 Å². The number of unbranched alkanes of at least 4 members (excludes halogenated alkanes) is 2. The van der Waals surface area contributed by atoms with E-state index in [1.54, 1.807) is 0 Å². The molecule has 0 saturated heterocycles. The number of aromatic nitrogens is 2. The molecule has 0 fully saturated rings. The third-order valence-corrected chi connectivity index (χ3v) is 2.29. The highest BCUT2D eigenvalue weighted by Crippen LogP contribution is 1.97. The molecule has 1 heterocycles. The van der Waals surface area contributed by atoms with Gasteiger partial charge < -0.3 is 4.74 Å². The number of nitrogens with one attached hydrogen (secondary N) is 1. The minimum absolute atomic E-state index is 0.121. The maximum absolute atomic E-state index is 11.3. The molecule has 0 aliphatic heterocycles. The second kappa shape index (κ2) is 6.89. The molecular formula is C9H13N3O3S. The van der Waals surface area contributed by atoms with Crippen molar-refractivity contribution in [1.29, 1.82) is 0 Å². The Balaban J connectivity index is 2.21. The Hall–Kier alpha value is -1.50. The van der Waals surface area contributed by atoms with Crippen molar-refractivity contribution >= 4 is 23.5 Å². The Morgan fingerprint density at radius 2 is 2.31 bits per heavy atom. The number of imide groups is 1. The van der Waals surface area contributed by atoms with Crippen LogP contribution in [0.4, 0.5) is 4.79 Å². The SMILES string of the molecule is CCCCCOC(=O)NC(=O)c1csnn1. The Kier molecular flexibility index (Phi) is 5.41. The predicted octanol–water partition coefficient (Wildman–Crippen LogP) is 1.59. The Morgan fingerprint density at radius 1 is 1.50 bits per heavy atom. The lowest BCUT2D eigenvalue weighted by Crippen LogP contribution is -2.31. The average molecular weight is 243 g/mol. The van der Waals surface area contributed by atoms with Crippen molar-refractivity contribution in [3.63, 3.8) is 0 Å². The highest BCUT2D eigenvalue weighted by Gasteiger charge is 2.13. The second-order valence-electron chi connectivity index (χ2n) is 3.09. The molecule has 0 bridgehead atoms. The van der Waals surface area contributed by atoms with Gasteiger partial charge in [-0.2, -0.15) is 0 Å². The van der Waals surface area contributed by atoms with Crippen LogP contribution in [0.15, 0.2) is 5.38 Å². The number of ether oxygens (including phenoxy) is 1. The van der Waals surface area contributed by atoms with Crippen molar-refractivity contribution in [3.8, 4) is 0 Å². The zero-order chi connectivity index (χ0) is 11.8. The van der Waals surface area contributed by atoms with Crippen molar-refractivity contribution in [3.05, 3.63) is 11.1 Å². The molecule has 7 heteroatoms. The Morgan fingerprint density at radius 3 is 2.94 bits per heavy atom. The normalized spacial score (nSPS) is 9.81. The van der Waals surface area contributed by atoms with Crippen LogP contribution in [0.1, 0.15) is 36.7 Å². The molecule has 1 rings (SSSR count). The van der Waals surface area contributed by atoms with Crippen molar-refractivity contribution in [1.82, 2.24) is 14.9 Å². The van der Waals surface area contributed by atoms with Gasteiger partial charge in [0.25, 0.3) is 5.91 Å². The number of carbonyl (C=O) groups is 2. The van der Waals surface area contributed by atoms with Gasteiger partial charge in [-0.25, -0.2) is 4.79 Å². The molecule has 0 aliphatic rings. The van der Waals surface area contributed by atoms with Gasteiger partial charge in [-0.05, 0) is 18.0 Å². The molecule has 0 atom stereocenters. The summed E-state index contributed by atoms with van der Waals surface area (Å²) in [6, 6.07) is 0. The first kappa shape index (κ1) is 12.6. The number of carbonyl (C=O) groups excluding carboxylic acids is 2. The van der Waals surface area contributed by atoms with Gasteiger partial charge >= 0.3 is 6.09 Å². The first-order chi connectivity index (χ1) is 7.74. The van der Waals surface area contributed by atoms with Crippen molar-refractivity contribution < 1.29 is 14.3 Å². The van der Waals surface area contributed by atoms with Gasteiger partial charge in [-0.3, -0.25) is 10.1 Å². The first-order valence-corrected chi connectivity index (χ1v) is 5.83. The van der Waals surface area contributed by atoms with Crippen molar-refractivity contribution in [2.75, 3.05) is 6.61 Å². The predicted molar refractivity (Wildman–Crippen MR) is 58.2 cm³/mol. The summed E-state index contributed by atoms with van der Waals surface area (Å²) >= 11 is 1.05. The number of hydrogen-bond donors (Lipinski definition) is 1. The number of alkyl carbamates (subject to hydrolysis) is 1. The molecule has 0 aliphatic carbocycles.